The number of benzene rings is 2. The number of hydrogen-bond acceptors (Lipinski definition) is 4. The maximum absolute atomic E-state index is 12.9. The Morgan fingerprint density at radius 2 is 1.76 bits per heavy atom. The van der Waals surface area contributed by atoms with Crippen molar-refractivity contribution in [1.82, 2.24) is 20.0 Å². The first-order valence-corrected chi connectivity index (χ1v) is 10.5. The average Bonchev–Trinajstić information content (AvgIpc) is 3.33. The highest BCUT2D eigenvalue weighted by molar-refractivity contribution is 6.05. The van der Waals surface area contributed by atoms with Gasteiger partial charge in [-0.05, 0) is 29.7 Å². The Bertz CT molecular complexity index is 1280. The van der Waals surface area contributed by atoms with Crippen LogP contribution in [0.25, 0.3) is 22.4 Å². The summed E-state index contributed by atoms with van der Waals surface area (Å²) >= 11 is 0. The van der Waals surface area contributed by atoms with Gasteiger partial charge in [0.05, 0.1) is 11.9 Å². The number of fused-ring (bicyclic) bond motifs is 1. The fourth-order valence-corrected chi connectivity index (χ4v) is 4.52. The minimum atomic E-state index is -2.54. The second kappa shape index (κ2) is 7.91. The van der Waals surface area contributed by atoms with Crippen molar-refractivity contribution in [3.63, 3.8) is 0 Å². The van der Waals surface area contributed by atoms with Crippen LogP contribution < -0.4 is 5.32 Å². The molecule has 0 saturated carbocycles. The molecule has 1 unspecified atom stereocenters. The van der Waals surface area contributed by atoms with Gasteiger partial charge in [0.15, 0.2) is 0 Å². The summed E-state index contributed by atoms with van der Waals surface area (Å²) in [6.07, 6.45) is -0.331. The zero-order valence-electron chi connectivity index (χ0n) is 17.7. The van der Waals surface area contributed by atoms with Crippen molar-refractivity contribution in [3.05, 3.63) is 65.4 Å². The van der Waals surface area contributed by atoms with Crippen LogP contribution in [-0.2, 0) is 23.2 Å². The van der Waals surface area contributed by atoms with Gasteiger partial charge in [0.25, 0.3) is 12.3 Å². The second-order valence-corrected chi connectivity index (χ2v) is 8.23. The van der Waals surface area contributed by atoms with E-state index in [2.05, 4.69) is 10.4 Å². The van der Waals surface area contributed by atoms with Gasteiger partial charge in [0, 0.05) is 42.3 Å². The third kappa shape index (κ3) is 3.59. The lowest BCUT2D eigenvalue weighted by Crippen LogP contribution is -2.52. The maximum Gasteiger partial charge on any atom is 0.263 e. The number of hydrogen-bond donors (Lipinski definition) is 1. The first-order chi connectivity index (χ1) is 15.8. The van der Waals surface area contributed by atoms with Crippen LogP contribution in [0.15, 0.2) is 48.7 Å². The van der Waals surface area contributed by atoms with Gasteiger partial charge in [-0.1, -0.05) is 30.3 Å². The van der Waals surface area contributed by atoms with Crippen molar-refractivity contribution in [2.24, 2.45) is 7.05 Å². The lowest BCUT2D eigenvalue weighted by Gasteiger charge is -2.29. The van der Waals surface area contributed by atoms with E-state index in [1.807, 2.05) is 12.1 Å². The number of imide groups is 1. The average molecular weight is 450 g/mol. The van der Waals surface area contributed by atoms with Crippen LogP contribution in [-0.4, -0.2) is 38.4 Å². The molecular weight excluding hydrogens is 430 g/mol. The van der Waals surface area contributed by atoms with E-state index in [9.17, 15) is 23.2 Å². The fourth-order valence-electron chi connectivity index (χ4n) is 4.52. The van der Waals surface area contributed by atoms with Gasteiger partial charge in [-0.3, -0.25) is 24.4 Å². The van der Waals surface area contributed by atoms with E-state index in [0.29, 0.717) is 12.0 Å². The molecule has 168 valence electrons. The maximum atomic E-state index is 12.9. The normalized spacial score (nSPS) is 18.1. The molecule has 9 heteroatoms. The summed E-state index contributed by atoms with van der Waals surface area (Å²) in [7, 11) is 1.78. The zero-order chi connectivity index (χ0) is 23.3. The molecule has 0 aliphatic carbocycles. The van der Waals surface area contributed by atoms with Crippen molar-refractivity contribution >= 4 is 17.7 Å². The van der Waals surface area contributed by atoms with Crippen molar-refractivity contribution in [2.75, 3.05) is 0 Å². The molecule has 1 atom stereocenters. The van der Waals surface area contributed by atoms with E-state index in [1.165, 1.54) is 17.0 Å². The molecule has 1 saturated heterocycles. The standard InChI is InChI=1S/C24H20F2N4O3/c1-29-21(13-2-4-14(5-3-13)22(25)26)18(11-27-29)15-6-7-17-16(10-15)12-30(24(17)33)19-8-9-20(31)28-23(19)32/h2-7,10-11,19,22H,8-9,12H2,1H3,(H,28,31,32). The van der Waals surface area contributed by atoms with Crippen LogP contribution in [0.1, 0.15) is 40.8 Å². The smallest absolute Gasteiger partial charge is 0.263 e. The van der Waals surface area contributed by atoms with Crippen molar-refractivity contribution < 1.29 is 23.2 Å². The van der Waals surface area contributed by atoms with Gasteiger partial charge in [-0.2, -0.15) is 5.10 Å². The predicted molar refractivity (Wildman–Crippen MR) is 115 cm³/mol. The van der Waals surface area contributed by atoms with Gasteiger partial charge in [0.1, 0.15) is 6.04 Å². The molecule has 1 fully saturated rings. The number of nitrogens with zero attached hydrogens (tertiary/aromatic N) is 3. The van der Waals surface area contributed by atoms with Gasteiger partial charge in [-0.25, -0.2) is 8.78 Å². The number of carbonyl (C=O) groups excluding carboxylic acids is 3. The summed E-state index contributed by atoms with van der Waals surface area (Å²) < 4.78 is 27.6. The van der Waals surface area contributed by atoms with Crippen LogP contribution in [0.5, 0.6) is 0 Å². The van der Waals surface area contributed by atoms with Gasteiger partial charge < -0.3 is 4.90 Å². The molecule has 5 rings (SSSR count). The first kappa shape index (κ1) is 21.0. The molecule has 0 spiro atoms. The molecule has 0 bridgehead atoms. The number of rotatable bonds is 4. The summed E-state index contributed by atoms with van der Waals surface area (Å²) in [5, 5.41) is 6.65. The van der Waals surface area contributed by atoms with E-state index in [4.69, 9.17) is 0 Å². The Kier molecular flexibility index (Phi) is 5.03. The summed E-state index contributed by atoms with van der Waals surface area (Å²) in [5.74, 6) is -1.01. The fraction of sp³-hybridized carbons (Fsp3) is 0.250. The van der Waals surface area contributed by atoms with Crippen molar-refractivity contribution in [1.29, 1.82) is 0 Å². The molecule has 3 aromatic rings. The van der Waals surface area contributed by atoms with E-state index < -0.39 is 18.4 Å². The SMILES string of the molecule is Cn1ncc(-c2ccc3c(c2)CN(C2CCC(=O)NC2=O)C3=O)c1-c1ccc(C(F)F)cc1. The number of alkyl halides is 2. The van der Waals surface area contributed by atoms with Crippen LogP contribution in [0, 0.1) is 0 Å². The Balaban J connectivity index is 1.47. The molecule has 33 heavy (non-hydrogen) atoms. The number of aryl methyl sites for hydroxylation is 1. The molecule has 3 amide bonds. The molecule has 3 heterocycles. The third-order valence-electron chi connectivity index (χ3n) is 6.21. The van der Waals surface area contributed by atoms with Gasteiger partial charge in [0.2, 0.25) is 11.8 Å². The highest BCUT2D eigenvalue weighted by atomic mass is 19.3. The number of halogens is 2. The zero-order valence-corrected chi connectivity index (χ0v) is 17.7. The quantitative estimate of drug-likeness (QED) is 0.617. The number of aromatic nitrogens is 2. The molecular formula is C24H20F2N4O3. The summed E-state index contributed by atoms with van der Waals surface area (Å²) in [4.78, 5) is 38.2. The molecule has 0 radical (unpaired) electrons. The lowest BCUT2D eigenvalue weighted by atomic mass is 9.97. The van der Waals surface area contributed by atoms with Crippen LogP contribution >= 0.6 is 0 Å². The van der Waals surface area contributed by atoms with Crippen LogP contribution in [0.4, 0.5) is 8.78 Å². The van der Waals surface area contributed by atoms with Crippen molar-refractivity contribution in [2.45, 2.75) is 31.9 Å². The first-order valence-electron chi connectivity index (χ1n) is 10.5. The second-order valence-electron chi connectivity index (χ2n) is 8.23. The number of nitrogens with one attached hydrogen (secondary N) is 1. The van der Waals surface area contributed by atoms with E-state index in [0.717, 1.165) is 27.9 Å². The van der Waals surface area contributed by atoms with Crippen LogP contribution in [0.2, 0.25) is 0 Å². The number of piperidine rings is 1. The molecule has 1 aromatic heterocycles. The summed E-state index contributed by atoms with van der Waals surface area (Å²) in [5.41, 5.74) is 4.40. The summed E-state index contributed by atoms with van der Waals surface area (Å²) in [6.45, 7) is 0.271. The van der Waals surface area contributed by atoms with E-state index in [1.54, 1.807) is 36.1 Å². The third-order valence-corrected chi connectivity index (χ3v) is 6.21. The monoisotopic (exact) mass is 450 g/mol. The lowest BCUT2D eigenvalue weighted by molar-refractivity contribution is -0.136. The van der Waals surface area contributed by atoms with Gasteiger partial charge in [-0.15, -0.1) is 0 Å². The molecule has 7 nitrogen and oxygen atoms in total. The van der Waals surface area contributed by atoms with E-state index in [-0.39, 0.29) is 30.3 Å². The summed E-state index contributed by atoms with van der Waals surface area (Å²) in [6, 6.07) is 10.9. The number of amides is 3. The molecule has 2 aromatic carbocycles. The Labute approximate surface area is 188 Å². The Morgan fingerprint density at radius 1 is 1.03 bits per heavy atom. The Morgan fingerprint density at radius 3 is 2.45 bits per heavy atom. The topological polar surface area (TPSA) is 84.3 Å². The van der Waals surface area contributed by atoms with Gasteiger partial charge >= 0.3 is 0 Å². The minimum Gasteiger partial charge on any atom is -0.322 e. The molecule has 1 N–H and O–H groups in total. The van der Waals surface area contributed by atoms with E-state index >= 15 is 0 Å². The Hall–Kier alpha value is -3.88. The molecule has 2 aliphatic heterocycles. The van der Waals surface area contributed by atoms with Crippen molar-refractivity contribution in [3.8, 4) is 22.4 Å². The highest BCUT2D eigenvalue weighted by Crippen LogP contribution is 2.36. The minimum absolute atomic E-state index is 0.0490. The largest absolute Gasteiger partial charge is 0.322 e. The highest BCUT2D eigenvalue weighted by Gasteiger charge is 2.39. The molecule has 2 aliphatic rings. The predicted octanol–water partition coefficient (Wildman–Crippen LogP) is 3.45. The number of carbonyl (C=O) groups is 3. The van der Waals surface area contributed by atoms with Crippen LogP contribution in [0.3, 0.4) is 0 Å².